The number of nitrogens with zero attached hydrogens (tertiary/aromatic N) is 2. The first-order chi connectivity index (χ1) is 10.1. The van der Waals surface area contributed by atoms with Crippen molar-refractivity contribution < 1.29 is 9.90 Å². The molecule has 1 N–H and O–H groups in total. The fraction of sp³-hybridized carbons (Fsp3) is 0.250. The zero-order valence-corrected chi connectivity index (χ0v) is 11.7. The number of para-hydroxylation sites is 1. The van der Waals surface area contributed by atoms with Gasteiger partial charge in [-0.15, -0.1) is 0 Å². The molecule has 0 bridgehead atoms. The number of aliphatic hydroxyl groups is 1. The second kappa shape index (κ2) is 5.18. The number of amides is 1. The zero-order valence-electron chi connectivity index (χ0n) is 11.7. The van der Waals surface area contributed by atoms with Gasteiger partial charge in [-0.1, -0.05) is 18.2 Å². The number of aryl methyl sites for hydroxylation is 1. The largest absolute Gasteiger partial charge is 0.388 e. The molecule has 1 aliphatic heterocycles. The number of rotatable bonds is 1. The first-order valence-corrected chi connectivity index (χ1v) is 6.83. The number of carbonyl (C=O) groups is 1. The molecule has 1 aliphatic rings. The quantitative estimate of drug-likeness (QED) is 0.862. The summed E-state index contributed by atoms with van der Waals surface area (Å²) in [6.07, 6.45) is 1.53. The van der Waals surface area contributed by atoms with Crippen LogP contribution in [0.1, 0.15) is 28.4 Å². The summed E-state index contributed by atoms with van der Waals surface area (Å²) in [7, 11) is 1.64. The Morgan fingerprint density at radius 3 is 2.81 bits per heavy atom. The molecule has 0 radical (unpaired) electrons. The van der Waals surface area contributed by atoms with E-state index in [1.165, 1.54) is 10.6 Å². The maximum Gasteiger partial charge on any atom is 0.258 e. The van der Waals surface area contributed by atoms with Gasteiger partial charge in [0.1, 0.15) is 0 Å². The van der Waals surface area contributed by atoms with E-state index in [0.717, 1.165) is 5.56 Å². The number of hydrogen-bond acceptors (Lipinski definition) is 3. The van der Waals surface area contributed by atoms with Gasteiger partial charge in [0, 0.05) is 42.7 Å². The number of aliphatic hydroxyl groups excluding tert-OH is 1. The van der Waals surface area contributed by atoms with E-state index in [-0.39, 0.29) is 11.5 Å². The van der Waals surface area contributed by atoms with Gasteiger partial charge >= 0.3 is 0 Å². The Labute approximate surface area is 122 Å². The molecular formula is C16H16N2O3. The van der Waals surface area contributed by atoms with Crippen LogP contribution in [0.5, 0.6) is 0 Å². The van der Waals surface area contributed by atoms with Crippen LogP contribution in [0.4, 0.5) is 5.69 Å². The van der Waals surface area contributed by atoms with E-state index in [0.29, 0.717) is 24.2 Å². The molecule has 0 aliphatic carbocycles. The van der Waals surface area contributed by atoms with Crippen molar-refractivity contribution in [3.8, 4) is 0 Å². The van der Waals surface area contributed by atoms with E-state index in [9.17, 15) is 14.7 Å². The van der Waals surface area contributed by atoms with Crippen LogP contribution in [0, 0.1) is 0 Å². The molecule has 5 heteroatoms. The molecule has 0 fully saturated rings. The maximum atomic E-state index is 12.6. The van der Waals surface area contributed by atoms with Crippen molar-refractivity contribution in [1.29, 1.82) is 0 Å². The van der Waals surface area contributed by atoms with Crippen molar-refractivity contribution in [3.05, 3.63) is 64.1 Å². The fourth-order valence-corrected chi connectivity index (χ4v) is 2.59. The Balaban J connectivity index is 2.01. The Bertz CT molecular complexity index is 751. The van der Waals surface area contributed by atoms with Crippen LogP contribution in [0.3, 0.4) is 0 Å². The molecule has 2 heterocycles. The number of benzene rings is 1. The predicted molar refractivity (Wildman–Crippen MR) is 79.4 cm³/mol. The highest BCUT2D eigenvalue weighted by Crippen LogP contribution is 2.34. The highest BCUT2D eigenvalue weighted by molar-refractivity contribution is 6.06. The first-order valence-electron chi connectivity index (χ1n) is 6.83. The Morgan fingerprint density at radius 2 is 2.05 bits per heavy atom. The van der Waals surface area contributed by atoms with Gasteiger partial charge in [0.05, 0.1) is 6.10 Å². The number of pyridine rings is 1. The molecule has 1 unspecified atom stereocenters. The molecule has 1 atom stereocenters. The summed E-state index contributed by atoms with van der Waals surface area (Å²) < 4.78 is 1.42. The SMILES string of the molecule is Cn1ccc(C(=O)N2CCC(O)c3ccccc32)cc1=O. The fourth-order valence-electron chi connectivity index (χ4n) is 2.59. The molecule has 0 saturated carbocycles. The van der Waals surface area contributed by atoms with Crippen LogP contribution in [0.15, 0.2) is 47.4 Å². The van der Waals surface area contributed by atoms with Crippen LogP contribution < -0.4 is 10.5 Å². The normalized spacial score (nSPS) is 17.4. The van der Waals surface area contributed by atoms with Crippen LogP contribution in [-0.2, 0) is 7.05 Å². The number of aromatic nitrogens is 1. The standard InChI is InChI=1S/C16H16N2O3/c1-17-8-6-11(10-15(17)20)16(21)18-9-7-14(19)12-4-2-3-5-13(12)18/h2-6,8,10,14,19H,7,9H2,1H3. The number of carbonyl (C=O) groups excluding carboxylic acids is 1. The average Bonchev–Trinajstić information content (AvgIpc) is 2.50. The summed E-state index contributed by atoms with van der Waals surface area (Å²) in [5, 5.41) is 10.0. The molecule has 3 rings (SSSR count). The van der Waals surface area contributed by atoms with Crippen molar-refractivity contribution in [3.63, 3.8) is 0 Å². The molecule has 1 amide bonds. The second-order valence-electron chi connectivity index (χ2n) is 5.18. The number of anilines is 1. The highest BCUT2D eigenvalue weighted by Gasteiger charge is 2.27. The minimum Gasteiger partial charge on any atom is -0.388 e. The molecule has 1 aromatic carbocycles. The lowest BCUT2D eigenvalue weighted by Gasteiger charge is -2.32. The first kappa shape index (κ1) is 13.6. The van der Waals surface area contributed by atoms with E-state index >= 15 is 0 Å². The van der Waals surface area contributed by atoms with Crippen molar-refractivity contribution in [2.45, 2.75) is 12.5 Å². The summed E-state index contributed by atoms with van der Waals surface area (Å²) in [6.45, 7) is 0.437. The van der Waals surface area contributed by atoms with Crippen molar-refractivity contribution in [2.75, 3.05) is 11.4 Å². The van der Waals surface area contributed by atoms with Gasteiger partial charge in [-0.2, -0.15) is 0 Å². The van der Waals surface area contributed by atoms with E-state index in [1.54, 1.807) is 24.2 Å². The van der Waals surface area contributed by atoms with E-state index in [4.69, 9.17) is 0 Å². The Morgan fingerprint density at radius 1 is 1.29 bits per heavy atom. The topological polar surface area (TPSA) is 62.5 Å². The zero-order chi connectivity index (χ0) is 15.0. The highest BCUT2D eigenvalue weighted by atomic mass is 16.3. The minimum atomic E-state index is -0.547. The minimum absolute atomic E-state index is 0.216. The molecule has 2 aromatic rings. The number of hydrogen-bond donors (Lipinski definition) is 1. The Hall–Kier alpha value is -2.40. The molecule has 1 aromatic heterocycles. The van der Waals surface area contributed by atoms with Gasteiger partial charge in [0.25, 0.3) is 11.5 Å². The third kappa shape index (κ3) is 2.36. The summed E-state index contributed by atoms with van der Waals surface area (Å²) in [6, 6.07) is 10.3. The summed E-state index contributed by atoms with van der Waals surface area (Å²) in [4.78, 5) is 25.9. The van der Waals surface area contributed by atoms with Crippen LogP contribution in [0.2, 0.25) is 0 Å². The average molecular weight is 284 g/mol. The molecule has 0 spiro atoms. The van der Waals surface area contributed by atoms with Crippen molar-refractivity contribution in [2.24, 2.45) is 7.05 Å². The van der Waals surface area contributed by atoms with Gasteiger partial charge in [-0.05, 0) is 18.6 Å². The van der Waals surface area contributed by atoms with Crippen molar-refractivity contribution >= 4 is 11.6 Å². The van der Waals surface area contributed by atoms with Gasteiger partial charge in [0.2, 0.25) is 0 Å². The molecule has 5 nitrogen and oxygen atoms in total. The van der Waals surface area contributed by atoms with Crippen molar-refractivity contribution in [1.82, 2.24) is 4.57 Å². The molecule has 21 heavy (non-hydrogen) atoms. The Kier molecular flexibility index (Phi) is 3.35. The van der Waals surface area contributed by atoms with Gasteiger partial charge in [0.15, 0.2) is 0 Å². The number of fused-ring (bicyclic) bond motifs is 1. The molecule has 0 saturated heterocycles. The maximum absolute atomic E-state index is 12.6. The van der Waals surface area contributed by atoms with Crippen LogP contribution in [0.25, 0.3) is 0 Å². The van der Waals surface area contributed by atoms with Gasteiger partial charge in [-0.3, -0.25) is 9.59 Å². The van der Waals surface area contributed by atoms with E-state index in [1.807, 2.05) is 24.3 Å². The van der Waals surface area contributed by atoms with Crippen LogP contribution >= 0.6 is 0 Å². The monoisotopic (exact) mass is 284 g/mol. The second-order valence-corrected chi connectivity index (χ2v) is 5.18. The lowest BCUT2D eigenvalue weighted by atomic mass is 9.98. The molecule has 108 valence electrons. The third-order valence-electron chi connectivity index (χ3n) is 3.81. The van der Waals surface area contributed by atoms with Crippen LogP contribution in [-0.4, -0.2) is 22.1 Å². The summed E-state index contributed by atoms with van der Waals surface area (Å²) in [5.41, 5.74) is 1.61. The third-order valence-corrected chi connectivity index (χ3v) is 3.81. The van der Waals surface area contributed by atoms with E-state index in [2.05, 4.69) is 0 Å². The lowest BCUT2D eigenvalue weighted by Crippen LogP contribution is -2.37. The van der Waals surface area contributed by atoms with E-state index < -0.39 is 6.10 Å². The summed E-state index contributed by atoms with van der Waals surface area (Å²) in [5.74, 6) is -0.216. The predicted octanol–water partition coefficient (Wildman–Crippen LogP) is 1.47. The summed E-state index contributed by atoms with van der Waals surface area (Å²) >= 11 is 0. The molecular weight excluding hydrogens is 268 g/mol. The van der Waals surface area contributed by atoms with Gasteiger partial charge in [-0.25, -0.2) is 0 Å². The smallest absolute Gasteiger partial charge is 0.258 e. The van der Waals surface area contributed by atoms with Gasteiger partial charge < -0.3 is 14.6 Å². The lowest BCUT2D eigenvalue weighted by molar-refractivity contribution is 0.0970.